The minimum absolute atomic E-state index is 0.0958. The lowest BCUT2D eigenvalue weighted by Crippen LogP contribution is -2.35. The summed E-state index contributed by atoms with van der Waals surface area (Å²) in [6.45, 7) is 6.32. The summed E-state index contributed by atoms with van der Waals surface area (Å²) in [4.78, 5) is 8.45. The Bertz CT molecular complexity index is 393. The molecule has 2 N–H and O–H groups in total. The molecule has 1 aromatic heterocycles. The van der Waals surface area contributed by atoms with E-state index in [-0.39, 0.29) is 5.54 Å². The predicted molar refractivity (Wildman–Crippen MR) is 68.7 cm³/mol. The van der Waals surface area contributed by atoms with Crippen LogP contribution in [0.3, 0.4) is 0 Å². The molecule has 0 radical (unpaired) electrons. The Morgan fingerprint density at radius 1 is 1.59 bits per heavy atom. The Labute approximate surface area is 106 Å². The van der Waals surface area contributed by atoms with Gasteiger partial charge in [0.25, 0.3) is 0 Å². The van der Waals surface area contributed by atoms with E-state index in [1.165, 1.54) is 0 Å². The highest BCUT2D eigenvalue weighted by atomic mass is 35.5. The molecule has 0 amide bonds. The number of hydrogen-bond donors (Lipinski definition) is 2. The van der Waals surface area contributed by atoms with Crippen molar-refractivity contribution in [3.05, 3.63) is 11.2 Å². The van der Waals surface area contributed by atoms with Crippen molar-refractivity contribution in [1.82, 2.24) is 9.97 Å². The van der Waals surface area contributed by atoms with Crippen LogP contribution in [0.15, 0.2) is 6.20 Å². The predicted octanol–water partition coefficient (Wildman–Crippen LogP) is 2.15. The maximum absolute atomic E-state index is 6.08. The zero-order valence-electron chi connectivity index (χ0n) is 10.1. The molecule has 0 saturated carbocycles. The van der Waals surface area contributed by atoms with Crippen LogP contribution in [-0.2, 0) is 4.74 Å². The molecular formula is C11H17ClN4O. The van der Waals surface area contributed by atoms with E-state index in [2.05, 4.69) is 27.5 Å². The lowest BCUT2D eigenvalue weighted by Gasteiger charge is -2.24. The Morgan fingerprint density at radius 2 is 2.41 bits per heavy atom. The van der Waals surface area contributed by atoms with E-state index in [9.17, 15) is 0 Å². The largest absolute Gasteiger partial charge is 0.379 e. The molecule has 1 aliphatic rings. The maximum Gasteiger partial charge on any atom is 0.224 e. The van der Waals surface area contributed by atoms with Crippen LogP contribution in [0.1, 0.15) is 20.3 Å². The van der Waals surface area contributed by atoms with E-state index in [0.29, 0.717) is 23.4 Å². The third kappa shape index (κ3) is 2.98. The molecular weight excluding hydrogens is 240 g/mol. The fraction of sp³-hybridized carbons (Fsp3) is 0.636. The molecule has 5 nitrogen and oxygen atoms in total. The third-order valence-corrected chi connectivity index (χ3v) is 2.99. The standard InChI is InChI=1S/C11H17ClN4O/c1-3-13-10-14-6-8(12)9(15-10)16-11(2)4-5-17-7-11/h6H,3-5,7H2,1-2H3,(H2,13,14,15,16). The van der Waals surface area contributed by atoms with Gasteiger partial charge in [-0.2, -0.15) is 4.98 Å². The molecule has 1 fully saturated rings. The maximum atomic E-state index is 6.08. The molecule has 1 saturated heterocycles. The van der Waals surface area contributed by atoms with Crippen molar-refractivity contribution in [2.75, 3.05) is 30.4 Å². The van der Waals surface area contributed by atoms with Crippen LogP contribution in [-0.4, -0.2) is 35.3 Å². The topological polar surface area (TPSA) is 59.1 Å². The van der Waals surface area contributed by atoms with Crippen molar-refractivity contribution >= 4 is 23.4 Å². The van der Waals surface area contributed by atoms with Crippen molar-refractivity contribution in [2.24, 2.45) is 0 Å². The van der Waals surface area contributed by atoms with Gasteiger partial charge in [-0.25, -0.2) is 4.98 Å². The number of halogens is 1. The molecule has 1 aliphatic heterocycles. The number of nitrogens with zero attached hydrogens (tertiary/aromatic N) is 2. The van der Waals surface area contributed by atoms with Gasteiger partial charge in [-0.05, 0) is 20.3 Å². The number of hydrogen-bond acceptors (Lipinski definition) is 5. The minimum Gasteiger partial charge on any atom is -0.379 e. The van der Waals surface area contributed by atoms with E-state index in [0.717, 1.165) is 19.6 Å². The second-order valence-electron chi connectivity index (χ2n) is 4.41. The lowest BCUT2D eigenvalue weighted by molar-refractivity contribution is 0.185. The van der Waals surface area contributed by atoms with Gasteiger partial charge in [-0.1, -0.05) is 11.6 Å². The SMILES string of the molecule is CCNc1ncc(Cl)c(NC2(C)CCOC2)n1. The minimum atomic E-state index is -0.0958. The number of anilines is 2. The van der Waals surface area contributed by atoms with Crippen LogP contribution in [0.25, 0.3) is 0 Å². The summed E-state index contributed by atoms with van der Waals surface area (Å²) in [7, 11) is 0. The first-order chi connectivity index (χ1) is 8.13. The van der Waals surface area contributed by atoms with Gasteiger partial charge in [0, 0.05) is 13.2 Å². The van der Waals surface area contributed by atoms with Crippen molar-refractivity contribution in [3.8, 4) is 0 Å². The number of ether oxygens (including phenoxy) is 1. The van der Waals surface area contributed by atoms with Crippen molar-refractivity contribution < 1.29 is 4.74 Å². The lowest BCUT2D eigenvalue weighted by atomic mass is 10.0. The second kappa shape index (κ2) is 5.06. The van der Waals surface area contributed by atoms with Gasteiger partial charge in [-0.3, -0.25) is 0 Å². The molecule has 0 bridgehead atoms. The van der Waals surface area contributed by atoms with E-state index < -0.39 is 0 Å². The number of nitrogens with one attached hydrogen (secondary N) is 2. The van der Waals surface area contributed by atoms with E-state index in [1.807, 2.05) is 6.92 Å². The van der Waals surface area contributed by atoms with E-state index >= 15 is 0 Å². The van der Waals surface area contributed by atoms with E-state index in [1.54, 1.807) is 6.20 Å². The Hall–Kier alpha value is -1.07. The van der Waals surface area contributed by atoms with Crippen LogP contribution < -0.4 is 10.6 Å². The first-order valence-corrected chi connectivity index (χ1v) is 6.13. The molecule has 1 atom stereocenters. The molecule has 6 heteroatoms. The van der Waals surface area contributed by atoms with Crippen molar-refractivity contribution in [1.29, 1.82) is 0 Å². The average Bonchev–Trinajstić information content (AvgIpc) is 2.70. The van der Waals surface area contributed by atoms with Gasteiger partial charge in [-0.15, -0.1) is 0 Å². The van der Waals surface area contributed by atoms with Crippen LogP contribution in [0.2, 0.25) is 5.02 Å². The zero-order valence-corrected chi connectivity index (χ0v) is 10.8. The van der Waals surface area contributed by atoms with Crippen molar-refractivity contribution in [2.45, 2.75) is 25.8 Å². The van der Waals surface area contributed by atoms with E-state index in [4.69, 9.17) is 16.3 Å². The van der Waals surface area contributed by atoms with Gasteiger partial charge >= 0.3 is 0 Å². The fourth-order valence-electron chi connectivity index (χ4n) is 1.75. The van der Waals surface area contributed by atoms with Crippen LogP contribution in [0.4, 0.5) is 11.8 Å². The summed E-state index contributed by atoms with van der Waals surface area (Å²) in [6.07, 6.45) is 2.55. The Kier molecular flexibility index (Phi) is 3.69. The molecule has 1 unspecified atom stereocenters. The van der Waals surface area contributed by atoms with Crippen LogP contribution >= 0.6 is 11.6 Å². The summed E-state index contributed by atoms with van der Waals surface area (Å²) >= 11 is 6.08. The smallest absolute Gasteiger partial charge is 0.224 e. The average molecular weight is 257 g/mol. The van der Waals surface area contributed by atoms with Gasteiger partial charge in [0.2, 0.25) is 5.95 Å². The highest BCUT2D eigenvalue weighted by molar-refractivity contribution is 6.32. The van der Waals surface area contributed by atoms with Gasteiger partial charge < -0.3 is 15.4 Å². The summed E-state index contributed by atoms with van der Waals surface area (Å²) in [6, 6.07) is 0. The Morgan fingerprint density at radius 3 is 3.06 bits per heavy atom. The molecule has 1 aromatic rings. The first-order valence-electron chi connectivity index (χ1n) is 5.75. The highest BCUT2D eigenvalue weighted by Crippen LogP contribution is 2.27. The fourth-order valence-corrected chi connectivity index (χ4v) is 1.89. The molecule has 2 heterocycles. The summed E-state index contributed by atoms with van der Waals surface area (Å²) < 4.78 is 5.39. The quantitative estimate of drug-likeness (QED) is 0.865. The second-order valence-corrected chi connectivity index (χ2v) is 4.82. The van der Waals surface area contributed by atoms with Gasteiger partial charge in [0.05, 0.1) is 18.3 Å². The molecule has 0 aliphatic carbocycles. The third-order valence-electron chi connectivity index (χ3n) is 2.72. The number of rotatable bonds is 4. The highest BCUT2D eigenvalue weighted by Gasteiger charge is 2.30. The molecule has 2 rings (SSSR count). The normalized spacial score (nSPS) is 23.7. The van der Waals surface area contributed by atoms with Crippen molar-refractivity contribution in [3.63, 3.8) is 0 Å². The zero-order chi connectivity index (χ0) is 12.3. The summed E-state index contributed by atoms with van der Waals surface area (Å²) in [5.41, 5.74) is -0.0958. The van der Waals surface area contributed by atoms with Crippen LogP contribution in [0.5, 0.6) is 0 Å². The first kappa shape index (κ1) is 12.4. The van der Waals surface area contributed by atoms with Gasteiger partial charge in [0.1, 0.15) is 5.02 Å². The Balaban J connectivity index is 2.16. The molecule has 94 valence electrons. The summed E-state index contributed by atoms with van der Waals surface area (Å²) in [5.74, 6) is 1.24. The summed E-state index contributed by atoms with van der Waals surface area (Å²) in [5, 5.41) is 6.92. The monoisotopic (exact) mass is 256 g/mol. The molecule has 17 heavy (non-hydrogen) atoms. The molecule has 0 aromatic carbocycles. The van der Waals surface area contributed by atoms with Crippen LogP contribution in [0, 0.1) is 0 Å². The molecule has 0 spiro atoms. The number of aromatic nitrogens is 2. The van der Waals surface area contributed by atoms with Gasteiger partial charge in [0.15, 0.2) is 5.82 Å².